The molecule has 1 amide bonds. The highest BCUT2D eigenvalue weighted by atomic mass is 79.9. The summed E-state index contributed by atoms with van der Waals surface area (Å²) in [6.07, 6.45) is 0.0527. The van der Waals surface area contributed by atoms with Crippen LogP contribution in [-0.2, 0) is 25.8 Å². The van der Waals surface area contributed by atoms with Gasteiger partial charge < -0.3 is 10.0 Å². The molecule has 1 aromatic carbocycles. The first-order valence-corrected chi connectivity index (χ1v) is 8.87. The standard InChI is InChI=1S/C13H14BrNO5S/c14-10-3-1-9(2-4-10)7-12(16)15-5-6-21(19,20)8-11(15)13(17)18/h1-4,11H,5-8H2,(H,17,18). The van der Waals surface area contributed by atoms with Gasteiger partial charge in [0.1, 0.15) is 6.04 Å². The van der Waals surface area contributed by atoms with Gasteiger partial charge in [-0.15, -0.1) is 0 Å². The molecule has 1 N–H and O–H groups in total. The first kappa shape index (κ1) is 16.0. The van der Waals surface area contributed by atoms with Gasteiger partial charge in [-0.2, -0.15) is 0 Å². The molecule has 8 heteroatoms. The molecule has 1 heterocycles. The third-order valence-corrected chi connectivity index (χ3v) is 5.46. The van der Waals surface area contributed by atoms with Gasteiger partial charge in [0.2, 0.25) is 5.91 Å². The van der Waals surface area contributed by atoms with Crippen molar-refractivity contribution in [2.24, 2.45) is 0 Å². The van der Waals surface area contributed by atoms with Crippen molar-refractivity contribution in [1.29, 1.82) is 0 Å². The van der Waals surface area contributed by atoms with Gasteiger partial charge in [-0.05, 0) is 17.7 Å². The van der Waals surface area contributed by atoms with Crippen LogP contribution in [-0.4, -0.2) is 54.4 Å². The van der Waals surface area contributed by atoms with Crippen LogP contribution in [0.25, 0.3) is 0 Å². The lowest BCUT2D eigenvalue weighted by molar-refractivity contribution is -0.149. The summed E-state index contributed by atoms with van der Waals surface area (Å²) >= 11 is 3.29. The lowest BCUT2D eigenvalue weighted by atomic mass is 10.1. The first-order valence-electron chi connectivity index (χ1n) is 6.25. The number of benzene rings is 1. The summed E-state index contributed by atoms with van der Waals surface area (Å²) in [6, 6.07) is 5.80. The van der Waals surface area contributed by atoms with E-state index in [1.54, 1.807) is 24.3 Å². The predicted octanol–water partition coefficient (Wildman–Crippen LogP) is 0.702. The quantitative estimate of drug-likeness (QED) is 0.839. The van der Waals surface area contributed by atoms with Crippen molar-refractivity contribution in [3.05, 3.63) is 34.3 Å². The zero-order chi connectivity index (χ0) is 15.6. The molecule has 0 aliphatic carbocycles. The molecule has 0 radical (unpaired) electrons. The fourth-order valence-corrected chi connectivity index (χ4v) is 3.90. The molecule has 1 saturated heterocycles. The molecule has 6 nitrogen and oxygen atoms in total. The van der Waals surface area contributed by atoms with Crippen LogP contribution < -0.4 is 0 Å². The van der Waals surface area contributed by atoms with Gasteiger partial charge in [0, 0.05) is 11.0 Å². The van der Waals surface area contributed by atoms with Crippen LogP contribution in [0.3, 0.4) is 0 Å². The average molecular weight is 376 g/mol. The summed E-state index contributed by atoms with van der Waals surface area (Å²) in [5.41, 5.74) is 0.751. The second-order valence-corrected chi connectivity index (χ2v) is 8.00. The highest BCUT2D eigenvalue weighted by molar-refractivity contribution is 9.10. The Balaban J connectivity index is 2.13. The molecule has 1 fully saturated rings. The summed E-state index contributed by atoms with van der Waals surface area (Å²) < 4.78 is 23.9. The summed E-state index contributed by atoms with van der Waals surface area (Å²) in [6.45, 7) is -0.0747. The van der Waals surface area contributed by atoms with E-state index in [1.807, 2.05) is 0 Å². The highest BCUT2D eigenvalue weighted by Gasteiger charge is 2.38. The molecular formula is C13H14BrNO5S. The number of carboxylic acids is 1. The van der Waals surface area contributed by atoms with Crippen LogP contribution >= 0.6 is 15.9 Å². The highest BCUT2D eigenvalue weighted by Crippen LogP contribution is 2.16. The van der Waals surface area contributed by atoms with E-state index in [2.05, 4.69) is 15.9 Å². The fraction of sp³-hybridized carbons (Fsp3) is 0.385. The topological polar surface area (TPSA) is 91.8 Å². The minimum atomic E-state index is -3.40. The minimum absolute atomic E-state index is 0.0527. The Kier molecular flexibility index (Phi) is 4.67. The van der Waals surface area contributed by atoms with Gasteiger partial charge in [0.05, 0.1) is 17.9 Å². The van der Waals surface area contributed by atoms with Crippen LogP contribution in [0.2, 0.25) is 0 Å². The van der Waals surface area contributed by atoms with E-state index in [0.717, 1.165) is 14.9 Å². The normalized spacial score (nSPS) is 21.0. The van der Waals surface area contributed by atoms with Crippen molar-refractivity contribution in [2.75, 3.05) is 18.1 Å². The number of carbonyl (C=O) groups is 2. The Morgan fingerprint density at radius 2 is 1.90 bits per heavy atom. The van der Waals surface area contributed by atoms with E-state index in [-0.39, 0.29) is 24.6 Å². The number of rotatable bonds is 3. The van der Waals surface area contributed by atoms with Crippen LogP contribution in [0.4, 0.5) is 0 Å². The summed E-state index contributed by atoms with van der Waals surface area (Å²) in [5.74, 6) is -2.38. The van der Waals surface area contributed by atoms with Crippen molar-refractivity contribution in [3.8, 4) is 0 Å². The van der Waals surface area contributed by atoms with E-state index >= 15 is 0 Å². The van der Waals surface area contributed by atoms with Crippen LogP contribution in [0.5, 0.6) is 0 Å². The number of hydrogen-bond donors (Lipinski definition) is 1. The van der Waals surface area contributed by atoms with Gasteiger partial charge in [-0.25, -0.2) is 13.2 Å². The maximum atomic E-state index is 12.2. The number of amides is 1. The second-order valence-electron chi connectivity index (χ2n) is 4.86. The van der Waals surface area contributed by atoms with Gasteiger partial charge >= 0.3 is 5.97 Å². The third kappa shape index (κ3) is 4.04. The molecule has 21 heavy (non-hydrogen) atoms. The van der Waals surface area contributed by atoms with E-state index in [9.17, 15) is 18.0 Å². The molecule has 114 valence electrons. The Bertz CT molecular complexity index is 656. The van der Waals surface area contributed by atoms with E-state index in [4.69, 9.17) is 5.11 Å². The van der Waals surface area contributed by atoms with Crippen molar-refractivity contribution in [1.82, 2.24) is 4.90 Å². The van der Waals surface area contributed by atoms with E-state index in [0.29, 0.717) is 0 Å². The molecule has 0 saturated carbocycles. The minimum Gasteiger partial charge on any atom is -0.480 e. The van der Waals surface area contributed by atoms with E-state index < -0.39 is 27.6 Å². The molecule has 1 atom stereocenters. The zero-order valence-corrected chi connectivity index (χ0v) is 13.4. The number of sulfone groups is 1. The second kappa shape index (κ2) is 6.15. The number of aliphatic carboxylic acids is 1. The fourth-order valence-electron chi connectivity index (χ4n) is 2.19. The molecule has 1 unspecified atom stereocenters. The van der Waals surface area contributed by atoms with Crippen molar-refractivity contribution >= 4 is 37.6 Å². The predicted molar refractivity (Wildman–Crippen MR) is 79.6 cm³/mol. The average Bonchev–Trinajstić information content (AvgIpc) is 2.40. The van der Waals surface area contributed by atoms with Gasteiger partial charge in [0.25, 0.3) is 0 Å². The number of nitrogens with zero attached hydrogens (tertiary/aromatic N) is 1. The molecule has 2 rings (SSSR count). The molecule has 0 aromatic heterocycles. The Morgan fingerprint density at radius 1 is 1.29 bits per heavy atom. The van der Waals surface area contributed by atoms with Crippen molar-refractivity contribution in [3.63, 3.8) is 0 Å². The Hall–Kier alpha value is -1.41. The van der Waals surface area contributed by atoms with E-state index in [1.165, 1.54) is 0 Å². The molecule has 1 aromatic rings. The maximum absolute atomic E-state index is 12.2. The summed E-state index contributed by atoms with van der Waals surface area (Å²) in [7, 11) is -3.40. The Labute approximate surface area is 130 Å². The first-order chi connectivity index (χ1) is 9.78. The van der Waals surface area contributed by atoms with Crippen LogP contribution in [0, 0.1) is 0 Å². The largest absolute Gasteiger partial charge is 0.480 e. The van der Waals surface area contributed by atoms with Gasteiger partial charge in [-0.3, -0.25) is 4.79 Å². The molecule has 0 spiro atoms. The third-order valence-electron chi connectivity index (χ3n) is 3.31. The number of hydrogen-bond acceptors (Lipinski definition) is 4. The van der Waals surface area contributed by atoms with Gasteiger partial charge in [0.15, 0.2) is 9.84 Å². The number of carbonyl (C=O) groups excluding carboxylic acids is 1. The number of halogens is 1. The van der Waals surface area contributed by atoms with Crippen LogP contribution in [0.15, 0.2) is 28.7 Å². The molecule has 0 bridgehead atoms. The number of carboxylic acid groups (broad SMARTS) is 1. The summed E-state index contributed by atoms with van der Waals surface area (Å²) in [5, 5.41) is 9.13. The molecule has 1 aliphatic heterocycles. The SMILES string of the molecule is O=C(O)C1CS(=O)(=O)CCN1C(=O)Cc1ccc(Br)cc1. The van der Waals surface area contributed by atoms with Crippen LogP contribution in [0.1, 0.15) is 5.56 Å². The molecular weight excluding hydrogens is 362 g/mol. The van der Waals surface area contributed by atoms with Crippen molar-refractivity contribution in [2.45, 2.75) is 12.5 Å². The zero-order valence-electron chi connectivity index (χ0n) is 11.0. The maximum Gasteiger partial charge on any atom is 0.327 e. The van der Waals surface area contributed by atoms with Crippen molar-refractivity contribution < 1.29 is 23.1 Å². The van der Waals surface area contributed by atoms with Gasteiger partial charge in [-0.1, -0.05) is 28.1 Å². The molecule has 1 aliphatic rings. The Morgan fingerprint density at radius 3 is 2.48 bits per heavy atom. The smallest absolute Gasteiger partial charge is 0.327 e. The lowest BCUT2D eigenvalue weighted by Gasteiger charge is -2.32. The monoisotopic (exact) mass is 375 g/mol. The lowest BCUT2D eigenvalue weighted by Crippen LogP contribution is -2.55. The summed E-state index contributed by atoms with van der Waals surface area (Å²) in [4.78, 5) is 24.6.